The molecule has 0 unspecified atom stereocenters. The summed E-state index contributed by atoms with van der Waals surface area (Å²) in [5.41, 5.74) is 4.36. The van der Waals surface area contributed by atoms with Crippen molar-refractivity contribution in [2.75, 3.05) is 13.1 Å². The fraction of sp³-hybridized carbons (Fsp3) is 0.522. The van der Waals surface area contributed by atoms with Crippen LogP contribution in [0.15, 0.2) is 30.3 Å². The number of hydrogen-bond acceptors (Lipinski definition) is 3. The molecule has 154 valence electrons. The maximum absolute atomic E-state index is 12.7. The summed E-state index contributed by atoms with van der Waals surface area (Å²) in [6.45, 7) is 6.72. The number of aromatic nitrogens is 2. The Balaban J connectivity index is 1.31. The van der Waals surface area contributed by atoms with Crippen molar-refractivity contribution in [3.8, 4) is 0 Å². The lowest BCUT2D eigenvalue weighted by Gasteiger charge is -2.31. The molecule has 1 aliphatic heterocycles. The zero-order valence-corrected chi connectivity index (χ0v) is 17.4. The van der Waals surface area contributed by atoms with Gasteiger partial charge in [0, 0.05) is 42.7 Å². The molecule has 1 aliphatic carbocycles. The third kappa shape index (κ3) is 4.52. The molecule has 2 amide bonds. The molecule has 0 atom stereocenters. The average molecular weight is 395 g/mol. The Bertz CT molecular complexity index is 878. The Kier molecular flexibility index (Phi) is 5.69. The molecule has 0 bridgehead atoms. The zero-order chi connectivity index (χ0) is 20.4. The largest absolute Gasteiger partial charge is 0.352 e. The van der Waals surface area contributed by atoms with E-state index < -0.39 is 0 Å². The highest BCUT2D eigenvalue weighted by molar-refractivity contribution is 5.82. The van der Waals surface area contributed by atoms with Crippen molar-refractivity contribution >= 4 is 11.8 Å². The number of hydrogen-bond donors (Lipinski definition) is 1. The van der Waals surface area contributed by atoms with Crippen LogP contribution in [0.4, 0.5) is 0 Å². The second-order valence-electron chi connectivity index (χ2n) is 8.38. The van der Waals surface area contributed by atoms with Crippen molar-refractivity contribution in [3.63, 3.8) is 0 Å². The lowest BCUT2D eigenvalue weighted by Crippen LogP contribution is -2.43. The Hall–Kier alpha value is -2.63. The lowest BCUT2D eigenvalue weighted by molar-refractivity contribution is -0.136. The van der Waals surface area contributed by atoms with Crippen molar-refractivity contribution in [1.29, 1.82) is 0 Å². The quantitative estimate of drug-likeness (QED) is 0.819. The number of piperidine rings is 1. The molecule has 4 rings (SSSR count). The van der Waals surface area contributed by atoms with Gasteiger partial charge in [0.1, 0.15) is 0 Å². The van der Waals surface area contributed by atoms with Crippen LogP contribution in [0.1, 0.15) is 48.2 Å². The van der Waals surface area contributed by atoms with E-state index in [-0.39, 0.29) is 17.7 Å². The number of aryl methyl sites for hydroxylation is 1. The average Bonchev–Trinajstić information content (AvgIpc) is 3.55. The molecule has 1 aromatic heterocycles. The molecule has 2 aromatic rings. The van der Waals surface area contributed by atoms with Gasteiger partial charge in [-0.1, -0.05) is 30.3 Å². The normalized spacial score (nSPS) is 17.4. The highest BCUT2D eigenvalue weighted by Crippen LogP contribution is 2.32. The summed E-state index contributed by atoms with van der Waals surface area (Å²) in [5.74, 6) is 0.649. The third-order valence-corrected chi connectivity index (χ3v) is 6.25. The topological polar surface area (TPSA) is 67.2 Å². The summed E-state index contributed by atoms with van der Waals surface area (Å²) < 4.78 is 2.01. The molecule has 2 fully saturated rings. The Morgan fingerprint density at radius 3 is 2.38 bits per heavy atom. The predicted molar refractivity (Wildman–Crippen MR) is 111 cm³/mol. The molecule has 1 saturated carbocycles. The van der Waals surface area contributed by atoms with E-state index in [2.05, 4.69) is 29.5 Å². The van der Waals surface area contributed by atoms with E-state index in [0.29, 0.717) is 25.5 Å². The van der Waals surface area contributed by atoms with Gasteiger partial charge in [0.05, 0.1) is 12.2 Å². The fourth-order valence-electron chi connectivity index (χ4n) is 4.17. The van der Waals surface area contributed by atoms with Crippen LogP contribution < -0.4 is 5.32 Å². The van der Waals surface area contributed by atoms with Crippen molar-refractivity contribution in [2.45, 2.75) is 52.6 Å². The van der Waals surface area contributed by atoms with Gasteiger partial charge in [0.25, 0.3) is 0 Å². The minimum absolute atomic E-state index is 0.00164. The van der Waals surface area contributed by atoms with E-state index in [1.54, 1.807) is 0 Å². The van der Waals surface area contributed by atoms with Gasteiger partial charge in [0.2, 0.25) is 11.8 Å². The summed E-state index contributed by atoms with van der Waals surface area (Å²) in [6, 6.07) is 10.3. The monoisotopic (exact) mass is 394 g/mol. The van der Waals surface area contributed by atoms with E-state index in [4.69, 9.17) is 0 Å². The van der Waals surface area contributed by atoms with E-state index in [0.717, 1.165) is 49.2 Å². The molecule has 2 heterocycles. The fourth-order valence-corrected chi connectivity index (χ4v) is 4.17. The Morgan fingerprint density at radius 1 is 1.03 bits per heavy atom. The van der Waals surface area contributed by atoms with Gasteiger partial charge in [-0.2, -0.15) is 5.10 Å². The summed E-state index contributed by atoms with van der Waals surface area (Å²) in [5, 5.41) is 7.78. The summed E-state index contributed by atoms with van der Waals surface area (Å²) >= 11 is 0. The molecule has 29 heavy (non-hydrogen) atoms. The summed E-state index contributed by atoms with van der Waals surface area (Å²) in [7, 11) is 0. The standard InChI is InChI=1S/C23H30N4O2/c1-16-21(17(2)27(25-16)15-18-6-4-3-5-7-18)14-24-22(28)19-10-12-26(13-11-19)23(29)20-8-9-20/h3-7,19-20H,8-15H2,1-2H3,(H,24,28). The SMILES string of the molecule is Cc1nn(Cc2ccccc2)c(C)c1CNC(=O)C1CCN(C(=O)C2CC2)CC1. The predicted octanol–water partition coefficient (Wildman–Crippen LogP) is 2.81. The van der Waals surface area contributed by atoms with Crippen LogP contribution in [0.2, 0.25) is 0 Å². The highest BCUT2D eigenvalue weighted by atomic mass is 16.2. The van der Waals surface area contributed by atoms with Crippen molar-refractivity contribution in [2.24, 2.45) is 11.8 Å². The molecule has 0 spiro atoms. The number of likely N-dealkylation sites (tertiary alicyclic amines) is 1. The summed E-state index contributed by atoms with van der Waals surface area (Å²) in [4.78, 5) is 26.8. The van der Waals surface area contributed by atoms with Gasteiger partial charge in [-0.25, -0.2) is 0 Å². The molecule has 0 radical (unpaired) electrons. The zero-order valence-electron chi connectivity index (χ0n) is 17.4. The molecule has 6 heteroatoms. The lowest BCUT2D eigenvalue weighted by atomic mass is 9.95. The minimum Gasteiger partial charge on any atom is -0.352 e. The second-order valence-corrected chi connectivity index (χ2v) is 8.38. The van der Waals surface area contributed by atoms with Crippen molar-refractivity contribution < 1.29 is 9.59 Å². The van der Waals surface area contributed by atoms with Gasteiger partial charge in [0.15, 0.2) is 0 Å². The molecule has 1 N–H and O–H groups in total. The smallest absolute Gasteiger partial charge is 0.225 e. The molecule has 6 nitrogen and oxygen atoms in total. The first kappa shape index (κ1) is 19.7. The van der Waals surface area contributed by atoms with E-state index in [1.807, 2.05) is 34.7 Å². The van der Waals surface area contributed by atoms with Crippen LogP contribution in [-0.4, -0.2) is 39.6 Å². The first-order valence-corrected chi connectivity index (χ1v) is 10.7. The maximum atomic E-state index is 12.7. The summed E-state index contributed by atoms with van der Waals surface area (Å²) in [6.07, 6.45) is 3.59. The third-order valence-electron chi connectivity index (χ3n) is 6.25. The van der Waals surface area contributed by atoms with Gasteiger partial charge < -0.3 is 10.2 Å². The minimum atomic E-state index is -0.00164. The number of nitrogens with zero attached hydrogens (tertiary/aromatic N) is 3. The van der Waals surface area contributed by atoms with Crippen LogP contribution in [-0.2, 0) is 22.7 Å². The second kappa shape index (κ2) is 8.39. The van der Waals surface area contributed by atoms with E-state index in [9.17, 15) is 9.59 Å². The number of benzene rings is 1. The highest BCUT2D eigenvalue weighted by Gasteiger charge is 2.35. The van der Waals surface area contributed by atoms with Crippen LogP contribution in [0, 0.1) is 25.7 Å². The number of rotatable bonds is 6. The van der Waals surface area contributed by atoms with Gasteiger partial charge in [-0.05, 0) is 45.1 Å². The molecule has 1 saturated heterocycles. The Labute approximate surface area is 172 Å². The maximum Gasteiger partial charge on any atom is 0.225 e. The van der Waals surface area contributed by atoms with Crippen LogP contribution in [0.3, 0.4) is 0 Å². The van der Waals surface area contributed by atoms with Gasteiger partial charge in [-0.15, -0.1) is 0 Å². The van der Waals surface area contributed by atoms with Crippen LogP contribution >= 0.6 is 0 Å². The van der Waals surface area contributed by atoms with Gasteiger partial charge >= 0.3 is 0 Å². The number of carbonyl (C=O) groups is 2. The molecular weight excluding hydrogens is 364 g/mol. The Morgan fingerprint density at radius 2 is 1.72 bits per heavy atom. The first-order chi connectivity index (χ1) is 14.0. The molecule has 1 aromatic carbocycles. The van der Waals surface area contributed by atoms with Gasteiger partial charge in [-0.3, -0.25) is 14.3 Å². The first-order valence-electron chi connectivity index (χ1n) is 10.7. The number of nitrogens with one attached hydrogen (secondary N) is 1. The molecular formula is C23H30N4O2. The van der Waals surface area contributed by atoms with E-state index >= 15 is 0 Å². The van der Waals surface area contributed by atoms with Crippen LogP contribution in [0.25, 0.3) is 0 Å². The van der Waals surface area contributed by atoms with Crippen LogP contribution in [0.5, 0.6) is 0 Å². The van der Waals surface area contributed by atoms with Crippen molar-refractivity contribution in [3.05, 3.63) is 52.8 Å². The molecule has 2 aliphatic rings. The number of amides is 2. The van der Waals surface area contributed by atoms with E-state index in [1.165, 1.54) is 5.56 Å². The number of carbonyl (C=O) groups excluding carboxylic acids is 2. The van der Waals surface area contributed by atoms with Crippen molar-refractivity contribution in [1.82, 2.24) is 20.0 Å².